The second-order valence-corrected chi connectivity index (χ2v) is 3.28. The first-order valence-corrected chi connectivity index (χ1v) is 4.49. The van der Waals surface area contributed by atoms with Crippen LogP contribution in [0.2, 0.25) is 0 Å². The average Bonchev–Trinajstić information content (AvgIpc) is 2.12. The minimum absolute atomic E-state index is 0.0464. The molecule has 0 aliphatic rings. The van der Waals surface area contributed by atoms with Crippen LogP contribution in [0.3, 0.4) is 0 Å². The summed E-state index contributed by atoms with van der Waals surface area (Å²) in [6.45, 7) is 1.52. The van der Waals surface area contributed by atoms with Gasteiger partial charge in [0.2, 0.25) is 0 Å². The Morgan fingerprint density at radius 1 is 1.27 bits per heavy atom. The summed E-state index contributed by atoms with van der Waals surface area (Å²) in [4.78, 5) is 23.5. The fourth-order valence-corrected chi connectivity index (χ4v) is 0.755. The van der Waals surface area contributed by atoms with E-state index in [2.05, 4.69) is 4.74 Å². The Balaban J connectivity index is 3.68. The van der Waals surface area contributed by atoms with Crippen molar-refractivity contribution in [2.45, 2.75) is 6.92 Å². The summed E-state index contributed by atoms with van der Waals surface area (Å²) in [7, 11) is 3.51. The molecule has 0 bridgehead atoms. The van der Waals surface area contributed by atoms with Crippen LogP contribution in [-0.2, 0) is 19.1 Å². The lowest BCUT2D eigenvalue weighted by atomic mass is 10.4. The zero-order valence-electron chi connectivity index (χ0n) is 9.28. The fraction of sp³-hybridized carbons (Fsp3) is 0.667. The zero-order chi connectivity index (χ0) is 11.8. The molecule has 0 rings (SSSR count). The lowest BCUT2D eigenvalue weighted by molar-refractivity contribution is -0.150. The molecule has 87 valence electrons. The first kappa shape index (κ1) is 13.9. The Labute approximate surface area is 89.3 Å². The number of hydrogen-bond donors (Lipinski definition) is 1. The van der Waals surface area contributed by atoms with Crippen LogP contribution in [0.5, 0.6) is 0 Å². The van der Waals surface area contributed by atoms with Crippen molar-refractivity contribution in [3.8, 4) is 0 Å². The Hall–Kier alpha value is -1.14. The highest BCUT2D eigenvalue weighted by atomic mass is 16.6. The van der Waals surface area contributed by atoms with Gasteiger partial charge in [0.15, 0.2) is 6.10 Å². The topological polar surface area (TPSA) is 81.9 Å². The predicted molar refractivity (Wildman–Crippen MR) is 53.6 cm³/mol. The summed E-state index contributed by atoms with van der Waals surface area (Å²) in [5.74, 6) is -0.917. The highest BCUT2D eigenvalue weighted by Crippen LogP contribution is 2.02. The molecule has 0 spiro atoms. The van der Waals surface area contributed by atoms with Gasteiger partial charge in [-0.2, -0.15) is 0 Å². The van der Waals surface area contributed by atoms with Gasteiger partial charge in [-0.05, 0) is 21.0 Å². The molecule has 0 aliphatic heterocycles. The molecule has 0 aliphatic carbocycles. The number of nitrogens with two attached hydrogens (primary N) is 1. The largest absolute Gasteiger partial charge is 0.460 e. The van der Waals surface area contributed by atoms with Crippen LogP contribution in [0.25, 0.3) is 0 Å². The molecule has 2 N–H and O–H groups in total. The van der Waals surface area contributed by atoms with E-state index < -0.39 is 5.97 Å². The van der Waals surface area contributed by atoms with Crippen LogP contribution in [0.4, 0.5) is 0 Å². The molecule has 0 amide bonds. The molecule has 6 heteroatoms. The highest BCUT2D eigenvalue weighted by Gasteiger charge is 2.13. The molecule has 0 aromatic carbocycles. The average molecular weight is 217 g/mol. The molecular weight excluding hydrogens is 200 g/mol. The van der Waals surface area contributed by atoms with Crippen LogP contribution >= 0.6 is 0 Å². The molecule has 0 fully saturated rings. The molecule has 0 heterocycles. The van der Waals surface area contributed by atoms with Gasteiger partial charge in [-0.3, -0.25) is 14.5 Å². The Morgan fingerprint density at radius 3 is 2.33 bits per heavy atom. The van der Waals surface area contributed by atoms with Gasteiger partial charge < -0.3 is 15.2 Å². The summed E-state index contributed by atoms with van der Waals surface area (Å²) >= 11 is 0. The Morgan fingerprint density at radius 2 is 1.87 bits per heavy atom. The molecule has 0 saturated heterocycles. The van der Waals surface area contributed by atoms with Crippen LogP contribution in [0.15, 0.2) is 0 Å². The van der Waals surface area contributed by atoms with Crippen molar-refractivity contribution in [2.75, 3.05) is 33.8 Å². The zero-order valence-corrected chi connectivity index (χ0v) is 9.28. The summed E-state index contributed by atoms with van der Waals surface area (Å²) in [6.07, 6.45) is 0.337. The van der Waals surface area contributed by atoms with Crippen molar-refractivity contribution in [1.82, 2.24) is 4.90 Å². The number of rotatable bonds is 6. The summed E-state index contributed by atoms with van der Waals surface area (Å²) < 4.78 is 9.54. The van der Waals surface area contributed by atoms with E-state index in [0.29, 0.717) is 6.10 Å². The molecule has 0 aromatic heterocycles. The van der Waals surface area contributed by atoms with Crippen molar-refractivity contribution >= 4 is 11.9 Å². The Bertz CT molecular complexity index is 218. The quantitative estimate of drug-likeness (QED) is 0.583. The third kappa shape index (κ3) is 7.90. The molecule has 0 unspecified atom stereocenters. The van der Waals surface area contributed by atoms with Gasteiger partial charge in [0.25, 0.3) is 0 Å². The maximum Gasteiger partial charge on any atom is 0.320 e. The third-order valence-electron chi connectivity index (χ3n) is 1.34. The van der Waals surface area contributed by atoms with Crippen LogP contribution < -0.4 is 5.73 Å². The lowest BCUT2D eigenvalue weighted by Crippen LogP contribution is -2.26. The van der Waals surface area contributed by atoms with Crippen molar-refractivity contribution < 1.29 is 19.1 Å². The number of hydrogen-bond acceptors (Lipinski definition) is 6. The molecular formula is C9H17N2O4. The SMILES string of the molecule is C[C](COC(=O)CN)OC(=O)CN(C)C. The van der Waals surface area contributed by atoms with Gasteiger partial charge >= 0.3 is 11.9 Å². The predicted octanol–water partition coefficient (Wildman–Crippen LogP) is -0.855. The van der Waals surface area contributed by atoms with Crippen molar-refractivity contribution in [1.29, 1.82) is 0 Å². The molecule has 6 nitrogen and oxygen atoms in total. The summed E-state index contributed by atoms with van der Waals surface area (Å²) in [5.41, 5.74) is 5.03. The van der Waals surface area contributed by atoms with E-state index in [1.807, 2.05) is 0 Å². The van der Waals surface area contributed by atoms with Gasteiger partial charge in [0, 0.05) is 0 Å². The normalized spacial score (nSPS) is 10.5. The number of esters is 2. The second-order valence-electron chi connectivity index (χ2n) is 3.28. The number of likely N-dealkylation sites (N-methyl/N-ethyl adjacent to an activating group) is 1. The van der Waals surface area contributed by atoms with Gasteiger partial charge in [0.05, 0.1) is 13.1 Å². The third-order valence-corrected chi connectivity index (χ3v) is 1.34. The fourth-order valence-electron chi connectivity index (χ4n) is 0.755. The number of ether oxygens (including phenoxy) is 2. The first-order valence-electron chi connectivity index (χ1n) is 4.49. The minimum atomic E-state index is -0.530. The van der Waals surface area contributed by atoms with Gasteiger partial charge in [0.1, 0.15) is 6.61 Å². The summed E-state index contributed by atoms with van der Waals surface area (Å²) in [5, 5.41) is 0. The second kappa shape index (κ2) is 7.19. The maximum absolute atomic E-state index is 11.1. The summed E-state index contributed by atoms with van der Waals surface area (Å²) in [6, 6.07) is 0. The van der Waals surface area contributed by atoms with E-state index in [0.717, 1.165) is 0 Å². The Kier molecular flexibility index (Phi) is 6.64. The van der Waals surface area contributed by atoms with Gasteiger partial charge in [-0.25, -0.2) is 0 Å². The molecule has 0 saturated carbocycles. The monoisotopic (exact) mass is 217 g/mol. The molecule has 1 radical (unpaired) electrons. The number of nitrogens with zero attached hydrogens (tertiary/aromatic N) is 1. The van der Waals surface area contributed by atoms with Crippen LogP contribution in [0.1, 0.15) is 6.92 Å². The van der Waals surface area contributed by atoms with E-state index in [1.54, 1.807) is 25.9 Å². The van der Waals surface area contributed by atoms with Gasteiger partial charge in [-0.15, -0.1) is 0 Å². The van der Waals surface area contributed by atoms with E-state index >= 15 is 0 Å². The van der Waals surface area contributed by atoms with E-state index in [9.17, 15) is 9.59 Å². The van der Waals surface area contributed by atoms with Crippen molar-refractivity contribution in [2.24, 2.45) is 5.73 Å². The van der Waals surface area contributed by atoms with E-state index in [-0.39, 0.29) is 25.7 Å². The van der Waals surface area contributed by atoms with Gasteiger partial charge in [-0.1, -0.05) is 0 Å². The standard InChI is InChI=1S/C9H17N2O4/c1-7(6-14-8(12)4-10)15-9(13)5-11(2)3/h4-6,10H2,1-3H3. The van der Waals surface area contributed by atoms with Crippen LogP contribution in [-0.4, -0.2) is 50.6 Å². The van der Waals surface area contributed by atoms with E-state index in [1.165, 1.54) is 0 Å². The molecule has 0 atom stereocenters. The molecule has 0 aromatic rings. The number of carbonyl (C=O) groups excluding carboxylic acids is 2. The lowest BCUT2D eigenvalue weighted by Gasteiger charge is -2.14. The number of carbonyl (C=O) groups is 2. The van der Waals surface area contributed by atoms with Crippen molar-refractivity contribution in [3.05, 3.63) is 6.10 Å². The van der Waals surface area contributed by atoms with E-state index in [4.69, 9.17) is 10.5 Å². The first-order chi connectivity index (χ1) is 6.95. The highest BCUT2D eigenvalue weighted by molar-refractivity contribution is 5.73. The van der Waals surface area contributed by atoms with Crippen LogP contribution in [0, 0.1) is 6.10 Å². The molecule has 15 heavy (non-hydrogen) atoms. The van der Waals surface area contributed by atoms with Crippen molar-refractivity contribution in [3.63, 3.8) is 0 Å². The smallest absolute Gasteiger partial charge is 0.320 e. The maximum atomic E-state index is 11.1. The minimum Gasteiger partial charge on any atom is -0.460 e.